The van der Waals surface area contributed by atoms with Gasteiger partial charge in [-0.1, -0.05) is 37.9 Å². The Kier molecular flexibility index (Phi) is 6.54. The summed E-state index contributed by atoms with van der Waals surface area (Å²) in [5.41, 5.74) is 0. The number of hydrogen-bond donors (Lipinski definition) is 0. The van der Waals surface area contributed by atoms with Crippen molar-refractivity contribution >= 4 is 17.2 Å². The smallest absolute Gasteiger partial charge is 0.150 e. The quantitative estimate of drug-likeness (QED) is 0.597. The van der Waals surface area contributed by atoms with Crippen LogP contribution in [-0.2, 0) is 13.5 Å². The summed E-state index contributed by atoms with van der Waals surface area (Å²) in [5.74, 6) is 0.940. The Balaban J connectivity index is 1.80. The molecule has 0 saturated heterocycles. The second kappa shape index (κ2) is 8.41. The van der Waals surface area contributed by atoms with Crippen molar-refractivity contribution in [3.05, 3.63) is 5.82 Å². The molecule has 1 aromatic heterocycles. The molecule has 0 bridgehead atoms. The van der Waals surface area contributed by atoms with E-state index in [9.17, 15) is 0 Å². The van der Waals surface area contributed by atoms with Crippen LogP contribution in [0.3, 0.4) is 0 Å². The van der Waals surface area contributed by atoms with Crippen molar-refractivity contribution in [1.29, 1.82) is 0 Å². The van der Waals surface area contributed by atoms with Crippen molar-refractivity contribution < 1.29 is 0 Å². The van der Waals surface area contributed by atoms with E-state index < -0.39 is 0 Å². The molecule has 1 saturated carbocycles. The average Bonchev–Trinajstić information content (AvgIpc) is 2.73. The van der Waals surface area contributed by atoms with Gasteiger partial charge in [-0.15, -0.1) is 5.10 Å². The summed E-state index contributed by atoms with van der Waals surface area (Å²) in [6, 6.07) is 0.668. The van der Waals surface area contributed by atoms with Gasteiger partial charge < -0.3 is 4.90 Å². The highest BCUT2D eigenvalue weighted by Gasteiger charge is 2.20. The lowest BCUT2D eigenvalue weighted by Gasteiger charge is -2.32. The summed E-state index contributed by atoms with van der Waals surface area (Å²) in [7, 11) is 1.89. The lowest BCUT2D eigenvalue weighted by molar-refractivity contribution is 0.294. The van der Waals surface area contributed by atoms with Gasteiger partial charge in [0, 0.05) is 26.1 Å². The van der Waals surface area contributed by atoms with Crippen molar-refractivity contribution in [3.63, 3.8) is 0 Å². The number of aromatic nitrogens is 4. The first-order valence-electron chi connectivity index (χ1n) is 8.23. The fourth-order valence-corrected chi connectivity index (χ4v) is 3.63. The topological polar surface area (TPSA) is 46.8 Å². The normalized spacial score (nSPS) is 16.7. The predicted octanol–water partition coefficient (Wildman–Crippen LogP) is 2.90. The monoisotopic (exact) mass is 309 g/mol. The lowest BCUT2D eigenvalue weighted by atomic mass is 10.1. The van der Waals surface area contributed by atoms with Crippen molar-refractivity contribution in [2.24, 2.45) is 7.05 Å². The first-order valence-corrected chi connectivity index (χ1v) is 8.64. The largest absolute Gasteiger partial charge is 0.363 e. The minimum atomic E-state index is 0.668. The van der Waals surface area contributed by atoms with Crippen LogP contribution in [0.1, 0.15) is 64.1 Å². The Hall–Kier alpha value is -1.04. The van der Waals surface area contributed by atoms with Crippen molar-refractivity contribution in [3.8, 4) is 0 Å². The van der Waals surface area contributed by atoms with Crippen LogP contribution >= 0.6 is 12.2 Å². The molecule has 1 aliphatic rings. The molecule has 21 heavy (non-hydrogen) atoms. The minimum Gasteiger partial charge on any atom is -0.363 e. The molecule has 1 aromatic rings. The maximum absolute atomic E-state index is 5.69. The Morgan fingerprint density at radius 3 is 2.57 bits per heavy atom. The van der Waals surface area contributed by atoms with Crippen molar-refractivity contribution in [2.45, 2.75) is 70.8 Å². The van der Waals surface area contributed by atoms with E-state index >= 15 is 0 Å². The molecule has 0 atom stereocenters. The summed E-state index contributed by atoms with van der Waals surface area (Å²) in [6.07, 6.45) is 11.0. The summed E-state index contributed by atoms with van der Waals surface area (Å²) >= 11 is 5.69. The van der Waals surface area contributed by atoms with Crippen LogP contribution in [0.4, 0.5) is 0 Å². The Morgan fingerprint density at radius 1 is 1.29 bits per heavy atom. The van der Waals surface area contributed by atoms with Gasteiger partial charge >= 0.3 is 0 Å². The van der Waals surface area contributed by atoms with Crippen LogP contribution in [0, 0.1) is 0 Å². The summed E-state index contributed by atoms with van der Waals surface area (Å²) in [5, 5.41) is 11.6. The molecule has 0 amide bonds. The predicted molar refractivity (Wildman–Crippen MR) is 88.2 cm³/mol. The molecular formula is C15H27N5S. The maximum Gasteiger partial charge on any atom is 0.150 e. The zero-order valence-corrected chi connectivity index (χ0v) is 14.1. The highest BCUT2D eigenvalue weighted by molar-refractivity contribution is 7.80. The van der Waals surface area contributed by atoms with Crippen LogP contribution < -0.4 is 0 Å². The van der Waals surface area contributed by atoms with Gasteiger partial charge in [-0.2, -0.15) is 0 Å². The molecule has 0 spiro atoms. The fraction of sp³-hybridized carbons (Fsp3) is 0.867. The van der Waals surface area contributed by atoms with Gasteiger partial charge in [-0.3, -0.25) is 0 Å². The number of nitrogens with zero attached hydrogens (tertiary/aromatic N) is 5. The lowest BCUT2D eigenvalue weighted by Crippen LogP contribution is -2.39. The third-order valence-electron chi connectivity index (χ3n) is 4.43. The third kappa shape index (κ3) is 4.73. The van der Waals surface area contributed by atoms with Crippen LogP contribution in [0.5, 0.6) is 0 Å². The van der Waals surface area contributed by atoms with Gasteiger partial charge in [0.2, 0.25) is 0 Å². The maximum atomic E-state index is 5.69. The number of tetrazole rings is 1. The van der Waals surface area contributed by atoms with Gasteiger partial charge in [-0.25, -0.2) is 4.68 Å². The SMILES string of the molecule is CCN(C(=S)CCCc1nnnn1C)C1CCCCCC1. The molecule has 118 valence electrons. The Bertz CT molecular complexity index is 437. The second-order valence-electron chi connectivity index (χ2n) is 5.90. The molecule has 5 nitrogen and oxygen atoms in total. The molecule has 0 N–H and O–H groups in total. The van der Waals surface area contributed by atoms with Gasteiger partial charge in [-0.05, 0) is 43.0 Å². The third-order valence-corrected chi connectivity index (χ3v) is 4.86. The van der Waals surface area contributed by atoms with E-state index in [1.165, 1.54) is 38.5 Å². The fourth-order valence-electron chi connectivity index (χ4n) is 3.21. The highest BCUT2D eigenvalue weighted by Crippen LogP contribution is 2.23. The summed E-state index contributed by atoms with van der Waals surface area (Å²) in [6.45, 7) is 3.26. The molecule has 0 unspecified atom stereocenters. The molecular weight excluding hydrogens is 282 g/mol. The van der Waals surface area contributed by atoms with Crippen LogP contribution in [-0.4, -0.2) is 42.7 Å². The Labute approximate surface area is 133 Å². The van der Waals surface area contributed by atoms with E-state index in [1.54, 1.807) is 4.68 Å². The molecule has 1 heterocycles. The minimum absolute atomic E-state index is 0.668. The van der Waals surface area contributed by atoms with E-state index in [0.29, 0.717) is 6.04 Å². The molecule has 6 heteroatoms. The molecule has 1 aliphatic carbocycles. The standard InChI is InChI=1S/C15H27N5S/c1-3-20(13-9-6-4-5-7-10-13)15(21)12-8-11-14-16-17-18-19(14)2/h13H,3-12H2,1-2H3. The van der Waals surface area contributed by atoms with Gasteiger partial charge in [0.15, 0.2) is 5.82 Å². The molecule has 0 aliphatic heterocycles. The zero-order chi connectivity index (χ0) is 15.1. The second-order valence-corrected chi connectivity index (χ2v) is 6.37. The van der Waals surface area contributed by atoms with Crippen molar-refractivity contribution in [2.75, 3.05) is 6.54 Å². The van der Waals surface area contributed by atoms with Gasteiger partial charge in [0.1, 0.15) is 0 Å². The summed E-state index contributed by atoms with van der Waals surface area (Å²) < 4.78 is 1.74. The number of hydrogen-bond acceptors (Lipinski definition) is 4. The number of rotatable bonds is 6. The average molecular weight is 309 g/mol. The van der Waals surface area contributed by atoms with E-state index in [1.807, 2.05) is 7.05 Å². The van der Waals surface area contributed by atoms with Gasteiger partial charge in [0.25, 0.3) is 0 Å². The highest BCUT2D eigenvalue weighted by atomic mass is 32.1. The van der Waals surface area contributed by atoms with E-state index in [0.717, 1.165) is 36.6 Å². The van der Waals surface area contributed by atoms with Crippen molar-refractivity contribution in [1.82, 2.24) is 25.1 Å². The number of thiocarbonyl (C=S) groups is 1. The van der Waals surface area contributed by atoms with Crippen LogP contribution in [0.25, 0.3) is 0 Å². The zero-order valence-electron chi connectivity index (χ0n) is 13.3. The molecule has 2 rings (SSSR count). The van der Waals surface area contributed by atoms with Crippen LogP contribution in [0.15, 0.2) is 0 Å². The van der Waals surface area contributed by atoms with E-state index in [2.05, 4.69) is 27.3 Å². The number of aryl methyl sites for hydroxylation is 2. The Morgan fingerprint density at radius 2 is 2.00 bits per heavy atom. The summed E-state index contributed by atoms with van der Waals surface area (Å²) in [4.78, 5) is 3.59. The first kappa shape index (κ1) is 16.3. The van der Waals surface area contributed by atoms with Crippen LogP contribution in [0.2, 0.25) is 0 Å². The molecule has 0 radical (unpaired) electrons. The van der Waals surface area contributed by atoms with E-state index in [-0.39, 0.29) is 0 Å². The molecule has 1 fully saturated rings. The van der Waals surface area contributed by atoms with E-state index in [4.69, 9.17) is 12.2 Å². The first-order chi connectivity index (χ1) is 10.2. The van der Waals surface area contributed by atoms with Gasteiger partial charge in [0.05, 0.1) is 4.99 Å². The molecule has 0 aromatic carbocycles.